The molecule has 1 fully saturated rings. The first-order valence-electron chi connectivity index (χ1n) is 7.23. The molecule has 1 aromatic heterocycles. The molecule has 2 N–H and O–H groups in total. The highest BCUT2D eigenvalue weighted by Crippen LogP contribution is 2.25. The van der Waals surface area contributed by atoms with Crippen LogP contribution in [0.5, 0.6) is 0 Å². The summed E-state index contributed by atoms with van der Waals surface area (Å²) in [4.78, 5) is 28.6. The highest BCUT2D eigenvalue weighted by Gasteiger charge is 2.19. The summed E-state index contributed by atoms with van der Waals surface area (Å²) < 4.78 is 0. The summed E-state index contributed by atoms with van der Waals surface area (Å²) in [6, 6.07) is 2.75. The summed E-state index contributed by atoms with van der Waals surface area (Å²) in [6.07, 6.45) is 6.34. The van der Waals surface area contributed by atoms with Gasteiger partial charge in [0.25, 0.3) is 0 Å². The number of hydrogen-bond donors (Lipinski definition) is 2. The van der Waals surface area contributed by atoms with E-state index in [0.29, 0.717) is 11.6 Å². The topological polar surface area (TPSA) is 82.5 Å². The van der Waals surface area contributed by atoms with Crippen LogP contribution in [0.1, 0.15) is 41.7 Å². The van der Waals surface area contributed by atoms with Gasteiger partial charge in [-0.05, 0) is 30.9 Å². The van der Waals surface area contributed by atoms with Crippen LogP contribution in [0, 0.1) is 5.92 Å². The number of nitrogens with one attached hydrogen (secondary N) is 1. The van der Waals surface area contributed by atoms with E-state index in [0.717, 1.165) is 6.54 Å². The standard InChI is InChI=1S/C15H21N3O3/c1-18(10-11-4-2-3-5-11)15(21)17-9-13-8-12(14(19)20)6-7-16-13/h6-8,11H,2-5,9-10H2,1H3,(H,17,21)(H,19,20). The second-order valence-corrected chi connectivity index (χ2v) is 5.53. The molecule has 2 amide bonds. The molecule has 1 saturated carbocycles. The van der Waals surface area contributed by atoms with Crippen LogP contribution >= 0.6 is 0 Å². The van der Waals surface area contributed by atoms with Crippen molar-refractivity contribution in [1.82, 2.24) is 15.2 Å². The Morgan fingerprint density at radius 3 is 2.81 bits per heavy atom. The van der Waals surface area contributed by atoms with Crippen molar-refractivity contribution in [2.45, 2.75) is 32.2 Å². The van der Waals surface area contributed by atoms with E-state index in [2.05, 4.69) is 10.3 Å². The van der Waals surface area contributed by atoms with Gasteiger partial charge >= 0.3 is 12.0 Å². The number of rotatable bonds is 5. The van der Waals surface area contributed by atoms with Gasteiger partial charge in [-0.3, -0.25) is 4.98 Å². The highest BCUT2D eigenvalue weighted by molar-refractivity contribution is 5.87. The molecular weight excluding hydrogens is 270 g/mol. The molecule has 0 saturated heterocycles. The number of carbonyl (C=O) groups is 2. The lowest BCUT2D eigenvalue weighted by Gasteiger charge is -2.21. The molecule has 1 heterocycles. The Balaban J connectivity index is 1.82. The summed E-state index contributed by atoms with van der Waals surface area (Å²) in [5.41, 5.74) is 0.714. The second kappa shape index (κ2) is 7.06. The van der Waals surface area contributed by atoms with Gasteiger partial charge in [-0.2, -0.15) is 0 Å². The molecule has 2 rings (SSSR count). The molecule has 114 valence electrons. The van der Waals surface area contributed by atoms with Crippen molar-refractivity contribution in [3.63, 3.8) is 0 Å². The Morgan fingerprint density at radius 2 is 2.14 bits per heavy atom. The van der Waals surface area contributed by atoms with E-state index in [1.165, 1.54) is 44.0 Å². The average molecular weight is 291 g/mol. The lowest BCUT2D eigenvalue weighted by molar-refractivity contribution is 0.0696. The number of aromatic nitrogens is 1. The Labute approximate surface area is 124 Å². The summed E-state index contributed by atoms with van der Waals surface area (Å²) in [5, 5.41) is 11.7. The fraction of sp³-hybridized carbons (Fsp3) is 0.533. The molecule has 1 aliphatic rings. The summed E-state index contributed by atoms with van der Waals surface area (Å²) in [5.74, 6) is -0.391. The largest absolute Gasteiger partial charge is 0.478 e. The lowest BCUT2D eigenvalue weighted by atomic mass is 10.1. The Morgan fingerprint density at radius 1 is 1.43 bits per heavy atom. The van der Waals surface area contributed by atoms with Crippen molar-refractivity contribution in [3.8, 4) is 0 Å². The first-order chi connectivity index (χ1) is 10.1. The molecule has 0 bridgehead atoms. The number of pyridine rings is 1. The van der Waals surface area contributed by atoms with Crippen molar-refractivity contribution in [2.75, 3.05) is 13.6 Å². The van der Waals surface area contributed by atoms with Crippen LogP contribution in [0.4, 0.5) is 4.79 Å². The van der Waals surface area contributed by atoms with Gasteiger partial charge in [0.15, 0.2) is 0 Å². The molecule has 1 aromatic rings. The molecule has 0 unspecified atom stereocenters. The molecule has 21 heavy (non-hydrogen) atoms. The Hall–Kier alpha value is -2.11. The van der Waals surface area contributed by atoms with E-state index < -0.39 is 5.97 Å². The Bertz CT molecular complexity index is 513. The minimum absolute atomic E-state index is 0.149. The lowest BCUT2D eigenvalue weighted by Crippen LogP contribution is -2.39. The summed E-state index contributed by atoms with van der Waals surface area (Å²) in [7, 11) is 1.79. The Kier molecular flexibility index (Phi) is 5.14. The second-order valence-electron chi connectivity index (χ2n) is 5.53. The molecule has 6 nitrogen and oxygen atoms in total. The van der Waals surface area contributed by atoms with Crippen LogP contribution in [0.3, 0.4) is 0 Å². The molecule has 0 atom stereocenters. The zero-order valence-corrected chi connectivity index (χ0v) is 12.2. The number of urea groups is 1. The SMILES string of the molecule is CN(CC1CCCC1)C(=O)NCc1cc(C(=O)O)ccn1. The van der Waals surface area contributed by atoms with Crippen LogP contribution in [0.2, 0.25) is 0 Å². The molecule has 0 aromatic carbocycles. The number of carboxylic acids is 1. The summed E-state index contributed by atoms with van der Waals surface area (Å²) in [6.45, 7) is 1.00. The molecule has 6 heteroatoms. The van der Waals surface area contributed by atoms with Gasteiger partial charge in [-0.25, -0.2) is 9.59 Å². The molecule has 0 radical (unpaired) electrons. The fourth-order valence-corrected chi connectivity index (χ4v) is 2.67. The number of carboxylic acid groups (broad SMARTS) is 1. The predicted molar refractivity (Wildman–Crippen MR) is 78.0 cm³/mol. The maximum absolute atomic E-state index is 12.0. The smallest absolute Gasteiger partial charge is 0.335 e. The third kappa shape index (κ3) is 4.44. The third-order valence-corrected chi connectivity index (χ3v) is 3.84. The van der Waals surface area contributed by atoms with Crippen molar-refractivity contribution >= 4 is 12.0 Å². The third-order valence-electron chi connectivity index (χ3n) is 3.84. The quantitative estimate of drug-likeness (QED) is 0.870. The van der Waals surface area contributed by atoms with Crippen LogP contribution in [-0.2, 0) is 6.54 Å². The first-order valence-corrected chi connectivity index (χ1v) is 7.23. The molecule has 0 aliphatic heterocycles. The average Bonchev–Trinajstić information content (AvgIpc) is 2.97. The fourth-order valence-electron chi connectivity index (χ4n) is 2.67. The maximum atomic E-state index is 12.0. The van der Waals surface area contributed by atoms with E-state index in [1.54, 1.807) is 11.9 Å². The van der Waals surface area contributed by atoms with E-state index in [-0.39, 0.29) is 18.1 Å². The van der Waals surface area contributed by atoms with Crippen molar-refractivity contribution in [2.24, 2.45) is 5.92 Å². The van der Waals surface area contributed by atoms with Crippen LogP contribution < -0.4 is 5.32 Å². The maximum Gasteiger partial charge on any atom is 0.335 e. The van der Waals surface area contributed by atoms with E-state index in [4.69, 9.17) is 5.11 Å². The number of nitrogens with zero attached hydrogens (tertiary/aromatic N) is 2. The van der Waals surface area contributed by atoms with Crippen molar-refractivity contribution < 1.29 is 14.7 Å². The van der Waals surface area contributed by atoms with Crippen LogP contribution in [0.25, 0.3) is 0 Å². The van der Waals surface area contributed by atoms with Gasteiger partial charge in [0.2, 0.25) is 0 Å². The van der Waals surface area contributed by atoms with Gasteiger partial charge < -0.3 is 15.3 Å². The molecule has 1 aliphatic carbocycles. The zero-order valence-electron chi connectivity index (χ0n) is 12.2. The van der Waals surface area contributed by atoms with E-state index >= 15 is 0 Å². The highest BCUT2D eigenvalue weighted by atomic mass is 16.4. The first kappa shape index (κ1) is 15.3. The number of amides is 2. The van der Waals surface area contributed by atoms with Crippen LogP contribution in [0.15, 0.2) is 18.3 Å². The minimum atomic E-state index is -0.997. The van der Waals surface area contributed by atoms with E-state index in [9.17, 15) is 9.59 Å². The number of aromatic carboxylic acids is 1. The van der Waals surface area contributed by atoms with Gasteiger partial charge in [0, 0.05) is 19.8 Å². The number of carbonyl (C=O) groups excluding carboxylic acids is 1. The minimum Gasteiger partial charge on any atom is -0.478 e. The van der Waals surface area contributed by atoms with Crippen molar-refractivity contribution in [3.05, 3.63) is 29.6 Å². The van der Waals surface area contributed by atoms with E-state index in [1.807, 2.05) is 0 Å². The number of hydrogen-bond acceptors (Lipinski definition) is 3. The van der Waals surface area contributed by atoms with Gasteiger partial charge in [0.1, 0.15) is 0 Å². The van der Waals surface area contributed by atoms with Crippen molar-refractivity contribution in [1.29, 1.82) is 0 Å². The predicted octanol–water partition coefficient (Wildman–Crippen LogP) is 2.11. The normalized spacial score (nSPS) is 14.9. The summed E-state index contributed by atoms with van der Waals surface area (Å²) >= 11 is 0. The molecule has 0 spiro atoms. The van der Waals surface area contributed by atoms with Crippen LogP contribution in [-0.4, -0.2) is 40.6 Å². The molecular formula is C15H21N3O3. The van der Waals surface area contributed by atoms with Gasteiger partial charge in [-0.15, -0.1) is 0 Å². The monoisotopic (exact) mass is 291 g/mol. The zero-order chi connectivity index (χ0) is 15.2. The van der Waals surface area contributed by atoms with Gasteiger partial charge in [0.05, 0.1) is 17.8 Å². The van der Waals surface area contributed by atoms with Gasteiger partial charge in [-0.1, -0.05) is 12.8 Å².